The van der Waals surface area contributed by atoms with E-state index in [1.807, 2.05) is 12.1 Å². The van der Waals surface area contributed by atoms with E-state index in [0.717, 1.165) is 62.7 Å². The number of benzene rings is 1. The Morgan fingerprint density at radius 1 is 1.18 bits per heavy atom. The number of ether oxygens (including phenoxy) is 1. The van der Waals surface area contributed by atoms with Crippen molar-refractivity contribution in [3.05, 3.63) is 23.2 Å². The standard InChI is InChI=1S/C17H25ClN2O2/c18-14-1-2-17(20-7-3-13(12-21)4-8-20)16(11-14)19-15-5-9-22-10-6-15/h1-2,11,13,15,19,21H,3-10,12H2. The summed E-state index contributed by atoms with van der Waals surface area (Å²) in [6.07, 6.45) is 4.18. The van der Waals surface area contributed by atoms with Gasteiger partial charge in [-0.3, -0.25) is 0 Å². The molecule has 0 radical (unpaired) electrons. The number of hydrogen-bond donors (Lipinski definition) is 2. The molecule has 0 bridgehead atoms. The fourth-order valence-electron chi connectivity index (χ4n) is 3.32. The number of hydrogen-bond acceptors (Lipinski definition) is 4. The van der Waals surface area contributed by atoms with Gasteiger partial charge in [-0.05, 0) is 49.8 Å². The maximum Gasteiger partial charge on any atom is 0.0603 e. The quantitative estimate of drug-likeness (QED) is 0.893. The Labute approximate surface area is 137 Å². The zero-order valence-electron chi connectivity index (χ0n) is 12.9. The molecule has 0 amide bonds. The lowest BCUT2D eigenvalue weighted by molar-refractivity contribution is 0.0904. The van der Waals surface area contributed by atoms with E-state index >= 15 is 0 Å². The first-order chi connectivity index (χ1) is 10.8. The van der Waals surface area contributed by atoms with Crippen LogP contribution in [0.25, 0.3) is 0 Å². The number of rotatable bonds is 4. The number of piperidine rings is 1. The molecule has 4 nitrogen and oxygen atoms in total. The smallest absolute Gasteiger partial charge is 0.0603 e. The van der Waals surface area contributed by atoms with Crippen LogP contribution in [0.3, 0.4) is 0 Å². The highest BCUT2D eigenvalue weighted by Crippen LogP contribution is 2.33. The second kappa shape index (κ2) is 7.53. The fourth-order valence-corrected chi connectivity index (χ4v) is 3.49. The number of aliphatic hydroxyl groups is 1. The number of nitrogens with zero attached hydrogens (tertiary/aromatic N) is 1. The maximum absolute atomic E-state index is 9.30. The van der Waals surface area contributed by atoms with E-state index < -0.39 is 0 Å². The lowest BCUT2D eigenvalue weighted by Crippen LogP contribution is -2.36. The van der Waals surface area contributed by atoms with Gasteiger partial charge in [-0.25, -0.2) is 0 Å². The zero-order chi connectivity index (χ0) is 15.4. The largest absolute Gasteiger partial charge is 0.396 e. The Kier molecular flexibility index (Phi) is 5.45. The van der Waals surface area contributed by atoms with Crippen LogP contribution in [-0.4, -0.2) is 44.1 Å². The van der Waals surface area contributed by atoms with E-state index in [4.69, 9.17) is 16.3 Å². The van der Waals surface area contributed by atoms with Gasteiger partial charge in [0.25, 0.3) is 0 Å². The highest BCUT2D eigenvalue weighted by atomic mass is 35.5. The van der Waals surface area contributed by atoms with E-state index in [2.05, 4.69) is 16.3 Å². The van der Waals surface area contributed by atoms with Gasteiger partial charge in [0.2, 0.25) is 0 Å². The molecule has 2 saturated heterocycles. The van der Waals surface area contributed by atoms with Gasteiger partial charge in [0.05, 0.1) is 11.4 Å². The minimum Gasteiger partial charge on any atom is -0.396 e. The molecule has 2 N–H and O–H groups in total. The third kappa shape index (κ3) is 3.86. The van der Waals surface area contributed by atoms with Crippen LogP contribution in [-0.2, 0) is 4.74 Å². The molecule has 0 saturated carbocycles. The molecule has 0 atom stereocenters. The molecule has 5 heteroatoms. The Bertz CT molecular complexity index is 484. The monoisotopic (exact) mass is 324 g/mol. The Balaban J connectivity index is 1.72. The van der Waals surface area contributed by atoms with Crippen molar-refractivity contribution in [2.45, 2.75) is 31.7 Å². The van der Waals surface area contributed by atoms with Crippen LogP contribution in [0.1, 0.15) is 25.7 Å². The van der Waals surface area contributed by atoms with Crippen molar-refractivity contribution in [2.24, 2.45) is 5.92 Å². The predicted octanol–water partition coefficient (Wildman–Crippen LogP) is 3.14. The normalized spacial score (nSPS) is 21.1. The Hall–Kier alpha value is -0.970. The van der Waals surface area contributed by atoms with Gasteiger partial charge in [-0.2, -0.15) is 0 Å². The van der Waals surface area contributed by atoms with Crippen molar-refractivity contribution in [3.63, 3.8) is 0 Å². The van der Waals surface area contributed by atoms with Crippen molar-refractivity contribution in [2.75, 3.05) is 43.1 Å². The third-order valence-corrected chi connectivity index (χ3v) is 4.99. The van der Waals surface area contributed by atoms with Gasteiger partial charge in [-0.15, -0.1) is 0 Å². The van der Waals surface area contributed by atoms with Crippen molar-refractivity contribution in [1.29, 1.82) is 0 Å². The molecule has 0 aliphatic carbocycles. The second-order valence-corrected chi connectivity index (χ2v) is 6.74. The summed E-state index contributed by atoms with van der Waals surface area (Å²) in [5.74, 6) is 0.454. The molecule has 2 aliphatic heterocycles. The fraction of sp³-hybridized carbons (Fsp3) is 0.647. The van der Waals surface area contributed by atoms with Crippen LogP contribution in [0.15, 0.2) is 18.2 Å². The van der Waals surface area contributed by atoms with Gasteiger partial charge in [0, 0.05) is 44.0 Å². The van der Waals surface area contributed by atoms with E-state index in [0.29, 0.717) is 18.6 Å². The average molecular weight is 325 g/mol. The molecule has 122 valence electrons. The van der Waals surface area contributed by atoms with Gasteiger partial charge in [0.15, 0.2) is 0 Å². The van der Waals surface area contributed by atoms with Gasteiger partial charge in [-0.1, -0.05) is 11.6 Å². The van der Waals surface area contributed by atoms with Crippen LogP contribution < -0.4 is 10.2 Å². The molecule has 2 fully saturated rings. The van der Waals surface area contributed by atoms with Gasteiger partial charge in [0.1, 0.15) is 0 Å². The summed E-state index contributed by atoms with van der Waals surface area (Å²) in [5.41, 5.74) is 2.36. The first kappa shape index (κ1) is 15.9. The topological polar surface area (TPSA) is 44.7 Å². The summed E-state index contributed by atoms with van der Waals surface area (Å²) in [5, 5.41) is 13.7. The first-order valence-electron chi connectivity index (χ1n) is 8.26. The van der Waals surface area contributed by atoms with Crippen molar-refractivity contribution < 1.29 is 9.84 Å². The predicted molar refractivity (Wildman–Crippen MR) is 90.9 cm³/mol. The lowest BCUT2D eigenvalue weighted by atomic mass is 9.97. The van der Waals surface area contributed by atoms with Crippen LogP contribution >= 0.6 is 11.6 Å². The summed E-state index contributed by atoms with van der Waals surface area (Å²) in [6.45, 7) is 3.96. The average Bonchev–Trinajstić information content (AvgIpc) is 2.56. The molecular weight excluding hydrogens is 300 g/mol. The first-order valence-corrected chi connectivity index (χ1v) is 8.63. The van der Waals surface area contributed by atoms with E-state index in [-0.39, 0.29) is 0 Å². The Morgan fingerprint density at radius 2 is 1.91 bits per heavy atom. The molecule has 1 aromatic carbocycles. The lowest BCUT2D eigenvalue weighted by Gasteiger charge is -2.35. The van der Waals surface area contributed by atoms with E-state index in [1.54, 1.807) is 0 Å². The van der Waals surface area contributed by atoms with E-state index in [9.17, 15) is 5.11 Å². The van der Waals surface area contributed by atoms with Crippen LogP contribution in [0.2, 0.25) is 5.02 Å². The molecular formula is C17H25ClN2O2. The minimum atomic E-state index is 0.307. The summed E-state index contributed by atoms with van der Waals surface area (Å²) in [4.78, 5) is 2.41. The molecule has 0 aromatic heterocycles. The summed E-state index contributed by atoms with van der Waals surface area (Å²) in [7, 11) is 0. The number of anilines is 2. The van der Waals surface area contributed by atoms with Crippen molar-refractivity contribution >= 4 is 23.0 Å². The summed E-state index contributed by atoms with van der Waals surface area (Å²) in [6, 6.07) is 6.57. The zero-order valence-corrected chi connectivity index (χ0v) is 13.7. The second-order valence-electron chi connectivity index (χ2n) is 6.31. The number of aliphatic hydroxyl groups excluding tert-OH is 1. The molecule has 0 spiro atoms. The molecule has 2 aliphatic rings. The van der Waals surface area contributed by atoms with Gasteiger partial charge < -0.3 is 20.1 Å². The van der Waals surface area contributed by atoms with Crippen LogP contribution in [0, 0.1) is 5.92 Å². The molecule has 22 heavy (non-hydrogen) atoms. The summed E-state index contributed by atoms with van der Waals surface area (Å²) >= 11 is 6.20. The number of nitrogens with one attached hydrogen (secondary N) is 1. The Morgan fingerprint density at radius 3 is 2.59 bits per heavy atom. The van der Waals surface area contributed by atoms with Crippen LogP contribution in [0.4, 0.5) is 11.4 Å². The minimum absolute atomic E-state index is 0.307. The highest BCUT2D eigenvalue weighted by Gasteiger charge is 2.22. The van der Waals surface area contributed by atoms with Crippen LogP contribution in [0.5, 0.6) is 0 Å². The molecule has 2 heterocycles. The van der Waals surface area contributed by atoms with Crippen molar-refractivity contribution in [3.8, 4) is 0 Å². The molecule has 1 aromatic rings. The summed E-state index contributed by atoms with van der Waals surface area (Å²) < 4.78 is 5.43. The molecule has 0 unspecified atom stereocenters. The van der Waals surface area contributed by atoms with E-state index in [1.165, 1.54) is 5.69 Å². The molecule has 3 rings (SSSR count). The number of halogens is 1. The van der Waals surface area contributed by atoms with Crippen molar-refractivity contribution in [1.82, 2.24) is 0 Å². The highest BCUT2D eigenvalue weighted by molar-refractivity contribution is 6.31. The maximum atomic E-state index is 9.30. The third-order valence-electron chi connectivity index (χ3n) is 4.75. The van der Waals surface area contributed by atoms with Gasteiger partial charge >= 0.3 is 0 Å². The SMILES string of the molecule is OCC1CCN(c2ccc(Cl)cc2NC2CCOCC2)CC1.